The third-order valence-electron chi connectivity index (χ3n) is 3.57. The lowest BCUT2D eigenvalue weighted by Crippen LogP contribution is -2.39. The molecule has 94 valence electrons. The number of hydrogen-bond acceptors (Lipinski definition) is 2. The minimum absolute atomic E-state index is 0.530. The van der Waals surface area contributed by atoms with Crippen LogP contribution in [0.5, 0.6) is 0 Å². The van der Waals surface area contributed by atoms with Crippen molar-refractivity contribution in [3.8, 4) is 0 Å². The van der Waals surface area contributed by atoms with Gasteiger partial charge in [-0.25, -0.2) is 0 Å². The minimum atomic E-state index is 0.530. The Morgan fingerprint density at radius 3 is 2.82 bits per heavy atom. The zero-order chi connectivity index (χ0) is 12.1. The highest BCUT2D eigenvalue weighted by molar-refractivity contribution is 5.79. The smallest absolute Gasteiger partial charge is 0.191 e. The van der Waals surface area contributed by atoms with E-state index in [0.29, 0.717) is 12.0 Å². The summed E-state index contributed by atoms with van der Waals surface area (Å²) in [6, 6.07) is 3.85. The van der Waals surface area contributed by atoms with Crippen LogP contribution in [0.25, 0.3) is 0 Å². The normalized spacial score (nSPS) is 17.9. The summed E-state index contributed by atoms with van der Waals surface area (Å²) in [4.78, 5) is 4.21. The average molecular weight is 235 g/mol. The Labute approximate surface area is 102 Å². The maximum atomic E-state index is 5.26. The highest BCUT2D eigenvalue weighted by Crippen LogP contribution is 2.47. The first kappa shape index (κ1) is 12.0. The van der Waals surface area contributed by atoms with E-state index in [2.05, 4.69) is 22.5 Å². The van der Waals surface area contributed by atoms with E-state index in [1.807, 2.05) is 12.1 Å². The molecular weight excluding hydrogens is 214 g/mol. The van der Waals surface area contributed by atoms with Gasteiger partial charge in [-0.1, -0.05) is 6.92 Å². The zero-order valence-corrected chi connectivity index (χ0v) is 10.6. The van der Waals surface area contributed by atoms with E-state index in [1.165, 1.54) is 19.3 Å². The van der Waals surface area contributed by atoms with Crippen LogP contribution in [-0.2, 0) is 6.54 Å². The first-order valence-corrected chi connectivity index (χ1v) is 6.25. The van der Waals surface area contributed by atoms with Gasteiger partial charge in [-0.3, -0.25) is 4.99 Å². The summed E-state index contributed by atoms with van der Waals surface area (Å²) >= 11 is 0. The molecule has 1 saturated carbocycles. The van der Waals surface area contributed by atoms with Gasteiger partial charge in [0.2, 0.25) is 0 Å². The van der Waals surface area contributed by atoms with Gasteiger partial charge in [0, 0.05) is 13.6 Å². The second-order valence-corrected chi connectivity index (χ2v) is 4.71. The second-order valence-electron chi connectivity index (χ2n) is 4.71. The molecule has 1 heterocycles. The average Bonchev–Trinajstić information content (AvgIpc) is 2.96. The molecule has 1 aliphatic carbocycles. The zero-order valence-electron chi connectivity index (χ0n) is 10.6. The van der Waals surface area contributed by atoms with Crippen LogP contribution in [0, 0.1) is 5.41 Å². The van der Waals surface area contributed by atoms with Crippen LogP contribution in [0.1, 0.15) is 31.9 Å². The lowest BCUT2D eigenvalue weighted by Gasteiger charge is -2.16. The molecule has 2 rings (SSSR count). The van der Waals surface area contributed by atoms with Crippen molar-refractivity contribution in [2.45, 2.75) is 32.7 Å². The molecule has 0 atom stereocenters. The number of guanidine groups is 1. The fourth-order valence-corrected chi connectivity index (χ4v) is 1.91. The van der Waals surface area contributed by atoms with Crippen molar-refractivity contribution in [1.29, 1.82) is 0 Å². The van der Waals surface area contributed by atoms with Crippen LogP contribution in [0.3, 0.4) is 0 Å². The number of nitrogens with one attached hydrogen (secondary N) is 2. The van der Waals surface area contributed by atoms with Gasteiger partial charge < -0.3 is 15.1 Å². The van der Waals surface area contributed by atoms with Gasteiger partial charge in [0.25, 0.3) is 0 Å². The van der Waals surface area contributed by atoms with Crippen molar-refractivity contribution in [2.75, 3.05) is 13.6 Å². The molecule has 0 saturated heterocycles. The summed E-state index contributed by atoms with van der Waals surface area (Å²) in [5.41, 5.74) is 0.530. The molecule has 0 radical (unpaired) electrons. The van der Waals surface area contributed by atoms with Gasteiger partial charge >= 0.3 is 0 Å². The number of furan rings is 1. The van der Waals surface area contributed by atoms with E-state index in [1.54, 1.807) is 13.3 Å². The molecule has 17 heavy (non-hydrogen) atoms. The fourth-order valence-electron chi connectivity index (χ4n) is 1.91. The van der Waals surface area contributed by atoms with Crippen molar-refractivity contribution in [2.24, 2.45) is 10.4 Å². The molecule has 0 spiro atoms. The van der Waals surface area contributed by atoms with Crippen molar-refractivity contribution in [1.82, 2.24) is 10.6 Å². The number of nitrogens with zero attached hydrogens (tertiary/aromatic N) is 1. The highest BCUT2D eigenvalue weighted by Gasteiger charge is 2.40. The SMILES string of the molecule is CCC1(CNC(=NC)NCc2ccco2)CC1. The predicted molar refractivity (Wildman–Crippen MR) is 68.9 cm³/mol. The summed E-state index contributed by atoms with van der Waals surface area (Å²) in [6.07, 6.45) is 5.61. The molecule has 2 N–H and O–H groups in total. The Morgan fingerprint density at radius 2 is 2.29 bits per heavy atom. The van der Waals surface area contributed by atoms with Gasteiger partial charge in [0.05, 0.1) is 12.8 Å². The molecule has 1 aromatic rings. The lowest BCUT2D eigenvalue weighted by atomic mass is 10.0. The summed E-state index contributed by atoms with van der Waals surface area (Å²) in [6.45, 7) is 3.95. The first-order valence-electron chi connectivity index (χ1n) is 6.25. The third kappa shape index (κ3) is 3.25. The van der Waals surface area contributed by atoms with Crippen LogP contribution in [0.2, 0.25) is 0 Å². The Balaban J connectivity index is 1.74. The van der Waals surface area contributed by atoms with Crippen LogP contribution in [-0.4, -0.2) is 19.6 Å². The molecule has 4 nitrogen and oxygen atoms in total. The number of aliphatic imine (C=N–C) groups is 1. The van der Waals surface area contributed by atoms with E-state index in [-0.39, 0.29) is 0 Å². The van der Waals surface area contributed by atoms with Crippen LogP contribution in [0.15, 0.2) is 27.8 Å². The second kappa shape index (κ2) is 5.25. The Hall–Kier alpha value is -1.45. The molecule has 1 aliphatic rings. The summed E-state index contributed by atoms with van der Waals surface area (Å²) < 4.78 is 5.26. The van der Waals surface area contributed by atoms with Crippen molar-refractivity contribution >= 4 is 5.96 Å². The van der Waals surface area contributed by atoms with Crippen molar-refractivity contribution in [3.05, 3.63) is 24.2 Å². The van der Waals surface area contributed by atoms with Crippen molar-refractivity contribution in [3.63, 3.8) is 0 Å². The van der Waals surface area contributed by atoms with Gasteiger partial charge in [-0.15, -0.1) is 0 Å². The minimum Gasteiger partial charge on any atom is -0.467 e. The lowest BCUT2D eigenvalue weighted by molar-refractivity contribution is 0.473. The van der Waals surface area contributed by atoms with E-state index in [4.69, 9.17) is 4.42 Å². The van der Waals surface area contributed by atoms with Gasteiger partial charge in [0.15, 0.2) is 5.96 Å². The van der Waals surface area contributed by atoms with Crippen LogP contribution in [0.4, 0.5) is 0 Å². The van der Waals surface area contributed by atoms with E-state index in [0.717, 1.165) is 18.3 Å². The fraction of sp³-hybridized carbons (Fsp3) is 0.615. The van der Waals surface area contributed by atoms with Crippen LogP contribution < -0.4 is 10.6 Å². The Kier molecular flexibility index (Phi) is 3.71. The Morgan fingerprint density at radius 1 is 1.47 bits per heavy atom. The highest BCUT2D eigenvalue weighted by atomic mass is 16.3. The number of hydrogen-bond donors (Lipinski definition) is 2. The molecule has 0 aromatic carbocycles. The molecule has 0 aliphatic heterocycles. The quantitative estimate of drug-likeness (QED) is 0.607. The molecule has 0 unspecified atom stereocenters. The monoisotopic (exact) mass is 235 g/mol. The third-order valence-corrected chi connectivity index (χ3v) is 3.57. The van der Waals surface area contributed by atoms with E-state index >= 15 is 0 Å². The number of rotatable bonds is 5. The van der Waals surface area contributed by atoms with Gasteiger partial charge in [-0.05, 0) is 36.8 Å². The Bertz CT molecular complexity index is 366. The predicted octanol–water partition coefficient (Wildman–Crippen LogP) is 2.13. The topological polar surface area (TPSA) is 49.6 Å². The molecule has 0 bridgehead atoms. The first-order chi connectivity index (χ1) is 8.28. The summed E-state index contributed by atoms with van der Waals surface area (Å²) in [5, 5.41) is 6.62. The van der Waals surface area contributed by atoms with E-state index < -0.39 is 0 Å². The van der Waals surface area contributed by atoms with Gasteiger partial charge in [0.1, 0.15) is 5.76 Å². The van der Waals surface area contributed by atoms with Crippen LogP contribution >= 0.6 is 0 Å². The molecular formula is C13H21N3O. The molecule has 4 heteroatoms. The molecule has 1 fully saturated rings. The molecule has 0 amide bonds. The summed E-state index contributed by atoms with van der Waals surface area (Å²) in [5.74, 6) is 1.77. The van der Waals surface area contributed by atoms with Gasteiger partial charge in [-0.2, -0.15) is 0 Å². The standard InChI is InChI=1S/C13H21N3O/c1-3-13(6-7-13)10-16-12(14-2)15-9-11-5-4-8-17-11/h4-5,8H,3,6-7,9-10H2,1-2H3,(H2,14,15,16). The van der Waals surface area contributed by atoms with E-state index in [9.17, 15) is 0 Å². The largest absolute Gasteiger partial charge is 0.467 e. The maximum Gasteiger partial charge on any atom is 0.191 e. The maximum absolute atomic E-state index is 5.26. The van der Waals surface area contributed by atoms with Crippen molar-refractivity contribution < 1.29 is 4.42 Å². The summed E-state index contributed by atoms with van der Waals surface area (Å²) in [7, 11) is 1.79. The molecule has 1 aromatic heterocycles.